The third-order valence-corrected chi connectivity index (χ3v) is 3.15. The third kappa shape index (κ3) is 4.63. The van der Waals surface area contributed by atoms with Crippen molar-refractivity contribution in [1.29, 1.82) is 0 Å². The molecule has 0 saturated carbocycles. The van der Waals surface area contributed by atoms with Gasteiger partial charge in [-0.25, -0.2) is 0 Å². The van der Waals surface area contributed by atoms with Crippen LogP contribution in [0.25, 0.3) is 0 Å². The number of rotatable bonds is 7. The van der Waals surface area contributed by atoms with Crippen LogP contribution in [0.5, 0.6) is 5.75 Å². The molecular formula is C12H18BrNO3. The zero-order valence-electron chi connectivity index (χ0n) is 10.3. The fraction of sp³-hybridized carbons (Fsp3) is 0.500. The van der Waals surface area contributed by atoms with Gasteiger partial charge in [-0.1, -0.05) is 22.0 Å². The van der Waals surface area contributed by atoms with Gasteiger partial charge in [-0.3, -0.25) is 0 Å². The Balaban J connectivity index is 2.46. The van der Waals surface area contributed by atoms with Gasteiger partial charge < -0.3 is 19.5 Å². The van der Waals surface area contributed by atoms with Crippen molar-refractivity contribution in [2.45, 2.75) is 12.8 Å². The maximum atomic E-state index is 5.14. The predicted octanol–water partition coefficient (Wildman–Crippen LogP) is 2.17. The van der Waals surface area contributed by atoms with Crippen LogP contribution in [0.3, 0.4) is 0 Å². The molecule has 17 heavy (non-hydrogen) atoms. The number of hydrogen-bond donors (Lipinski definition) is 1. The third-order valence-electron chi connectivity index (χ3n) is 2.41. The number of hydrogen-bond acceptors (Lipinski definition) is 4. The molecule has 1 rings (SSSR count). The van der Waals surface area contributed by atoms with Crippen molar-refractivity contribution in [3.8, 4) is 5.75 Å². The Morgan fingerprint density at radius 2 is 1.94 bits per heavy atom. The summed E-state index contributed by atoms with van der Waals surface area (Å²) in [6.45, 7) is 1.39. The minimum atomic E-state index is -0.216. The fourth-order valence-corrected chi connectivity index (χ4v) is 1.88. The summed E-state index contributed by atoms with van der Waals surface area (Å²) in [5.74, 6) is 0.840. The van der Waals surface area contributed by atoms with Gasteiger partial charge in [0.1, 0.15) is 5.75 Å². The maximum Gasteiger partial charge on any atom is 0.169 e. The normalized spacial score (nSPS) is 10.9. The van der Waals surface area contributed by atoms with E-state index < -0.39 is 0 Å². The highest BCUT2D eigenvalue weighted by molar-refractivity contribution is 9.10. The molecule has 0 unspecified atom stereocenters. The van der Waals surface area contributed by atoms with E-state index in [2.05, 4.69) is 21.2 Å². The molecule has 0 fully saturated rings. The van der Waals surface area contributed by atoms with Gasteiger partial charge in [0.15, 0.2) is 6.29 Å². The van der Waals surface area contributed by atoms with Gasteiger partial charge >= 0.3 is 0 Å². The van der Waals surface area contributed by atoms with Crippen molar-refractivity contribution < 1.29 is 14.2 Å². The van der Waals surface area contributed by atoms with Gasteiger partial charge in [-0.2, -0.15) is 0 Å². The number of methoxy groups -OCH3 is 3. The van der Waals surface area contributed by atoms with Crippen molar-refractivity contribution in [3.63, 3.8) is 0 Å². The summed E-state index contributed by atoms with van der Waals surface area (Å²) in [6.07, 6.45) is -0.216. The summed E-state index contributed by atoms with van der Waals surface area (Å²) < 4.78 is 16.3. The summed E-state index contributed by atoms with van der Waals surface area (Å²) >= 11 is 3.51. The van der Waals surface area contributed by atoms with Gasteiger partial charge in [0.05, 0.1) is 7.11 Å². The van der Waals surface area contributed by atoms with Crippen LogP contribution in [0.2, 0.25) is 0 Å². The Morgan fingerprint density at radius 3 is 2.47 bits per heavy atom. The van der Waals surface area contributed by atoms with Crippen molar-refractivity contribution in [2.24, 2.45) is 0 Å². The quantitative estimate of drug-likeness (QED) is 0.784. The molecule has 0 radical (unpaired) electrons. The maximum absolute atomic E-state index is 5.14. The minimum Gasteiger partial charge on any atom is -0.497 e. The van der Waals surface area contributed by atoms with Crippen LogP contribution in [0, 0.1) is 0 Å². The Bertz CT molecular complexity index is 343. The molecule has 5 heteroatoms. The molecule has 0 atom stereocenters. The molecule has 1 N–H and O–H groups in total. The van der Waals surface area contributed by atoms with Crippen LogP contribution in [0.15, 0.2) is 22.7 Å². The lowest BCUT2D eigenvalue weighted by molar-refractivity contribution is -0.0989. The molecule has 0 saturated heterocycles. The second kappa shape index (κ2) is 7.66. The van der Waals surface area contributed by atoms with Crippen LogP contribution >= 0.6 is 15.9 Å². The fourth-order valence-electron chi connectivity index (χ4n) is 1.39. The van der Waals surface area contributed by atoms with Crippen molar-refractivity contribution >= 4 is 15.9 Å². The average Bonchev–Trinajstić information content (AvgIpc) is 2.36. The van der Waals surface area contributed by atoms with Crippen LogP contribution in [0.4, 0.5) is 0 Å². The SMILES string of the molecule is COc1ccc(CNCC(OC)OC)c(Br)c1. The van der Waals surface area contributed by atoms with E-state index in [1.54, 1.807) is 21.3 Å². The van der Waals surface area contributed by atoms with E-state index in [1.807, 2.05) is 18.2 Å². The molecule has 0 amide bonds. The van der Waals surface area contributed by atoms with Gasteiger partial charge in [0.2, 0.25) is 0 Å². The molecule has 1 aromatic carbocycles. The zero-order chi connectivity index (χ0) is 12.7. The molecule has 0 aromatic heterocycles. The summed E-state index contributed by atoms with van der Waals surface area (Å²) in [5.41, 5.74) is 1.16. The lowest BCUT2D eigenvalue weighted by Crippen LogP contribution is -2.29. The van der Waals surface area contributed by atoms with E-state index in [0.29, 0.717) is 6.54 Å². The first-order chi connectivity index (χ1) is 8.21. The lowest BCUT2D eigenvalue weighted by Gasteiger charge is -2.14. The summed E-state index contributed by atoms with van der Waals surface area (Å²) in [6, 6.07) is 5.90. The summed E-state index contributed by atoms with van der Waals surface area (Å²) in [4.78, 5) is 0. The van der Waals surface area contributed by atoms with Gasteiger partial charge in [-0.15, -0.1) is 0 Å². The van der Waals surface area contributed by atoms with E-state index in [1.165, 1.54) is 0 Å². The van der Waals surface area contributed by atoms with Gasteiger partial charge in [0, 0.05) is 31.8 Å². The summed E-state index contributed by atoms with van der Waals surface area (Å²) in [7, 11) is 4.90. The minimum absolute atomic E-state index is 0.216. The number of ether oxygens (including phenoxy) is 3. The largest absolute Gasteiger partial charge is 0.497 e. The van der Waals surface area contributed by atoms with E-state index in [9.17, 15) is 0 Å². The second-order valence-corrected chi connectivity index (χ2v) is 4.34. The van der Waals surface area contributed by atoms with Crippen LogP contribution in [0.1, 0.15) is 5.56 Å². The standard InChI is InChI=1S/C12H18BrNO3/c1-15-10-5-4-9(11(13)6-10)7-14-8-12(16-2)17-3/h4-6,12,14H,7-8H2,1-3H3. The Labute approximate surface area is 110 Å². The molecular weight excluding hydrogens is 286 g/mol. The van der Waals surface area contributed by atoms with Crippen LogP contribution < -0.4 is 10.1 Å². The topological polar surface area (TPSA) is 39.7 Å². The van der Waals surface area contributed by atoms with Gasteiger partial charge in [-0.05, 0) is 17.7 Å². The van der Waals surface area contributed by atoms with Gasteiger partial charge in [0.25, 0.3) is 0 Å². The highest BCUT2D eigenvalue weighted by Gasteiger charge is 2.05. The molecule has 0 aliphatic rings. The van der Waals surface area contributed by atoms with Crippen molar-refractivity contribution in [3.05, 3.63) is 28.2 Å². The molecule has 96 valence electrons. The van der Waals surface area contributed by atoms with Crippen molar-refractivity contribution in [1.82, 2.24) is 5.32 Å². The predicted molar refractivity (Wildman–Crippen MR) is 70.2 cm³/mol. The van der Waals surface area contributed by atoms with E-state index in [4.69, 9.17) is 14.2 Å². The number of benzene rings is 1. The van der Waals surface area contributed by atoms with Crippen molar-refractivity contribution in [2.75, 3.05) is 27.9 Å². The zero-order valence-corrected chi connectivity index (χ0v) is 11.9. The first-order valence-electron chi connectivity index (χ1n) is 5.30. The first-order valence-corrected chi connectivity index (χ1v) is 6.09. The highest BCUT2D eigenvalue weighted by atomic mass is 79.9. The van der Waals surface area contributed by atoms with E-state index >= 15 is 0 Å². The van der Waals surface area contributed by atoms with E-state index in [-0.39, 0.29) is 6.29 Å². The smallest absolute Gasteiger partial charge is 0.169 e. The number of nitrogens with one attached hydrogen (secondary N) is 1. The van der Waals surface area contributed by atoms with Crippen LogP contribution in [-0.2, 0) is 16.0 Å². The molecule has 0 bridgehead atoms. The second-order valence-electron chi connectivity index (χ2n) is 3.49. The highest BCUT2D eigenvalue weighted by Crippen LogP contribution is 2.22. The monoisotopic (exact) mass is 303 g/mol. The first kappa shape index (κ1) is 14.4. The van der Waals surface area contributed by atoms with Crippen LogP contribution in [-0.4, -0.2) is 34.2 Å². The molecule has 4 nitrogen and oxygen atoms in total. The molecule has 0 heterocycles. The molecule has 0 aliphatic heterocycles. The Hall–Kier alpha value is -0.620. The molecule has 1 aromatic rings. The Kier molecular flexibility index (Phi) is 6.50. The number of halogens is 1. The molecule has 0 spiro atoms. The van der Waals surface area contributed by atoms with E-state index in [0.717, 1.165) is 22.3 Å². The summed E-state index contributed by atoms with van der Waals surface area (Å²) in [5, 5.41) is 3.26. The average molecular weight is 304 g/mol. The Morgan fingerprint density at radius 1 is 1.24 bits per heavy atom. The molecule has 0 aliphatic carbocycles. The lowest BCUT2D eigenvalue weighted by atomic mass is 10.2.